The topological polar surface area (TPSA) is 112 Å². The van der Waals surface area contributed by atoms with E-state index in [-0.39, 0.29) is 6.61 Å². The van der Waals surface area contributed by atoms with Crippen molar-refractivity contribution in [2.75, 3.05) is 25.0 Å². The normalized spacial score (nSPS) is 14.9. The summed E-state index contributed by atoms with van der Waals surface area (Å²) in [6.45, 7) is -0.858. The van der Waals surface area contributed by atoms with Crippen LogP contribution in [0.1, 0.15) is 18.4 Å². The van der Waals surface area contributed by atoms with Crippen molar-refractivity contribution in [2.24, 2.45) is 5.16 Å². The molecule has 0 bridgehead atoms. The predicted octanol–water partition coefficient (Wildman–Crippen LogP) is 3.15. The lowest BCUT2D eigenvalue weighted by molar-refractivity contribution is -0.122. The van der Waals surface area contributed by atoms with Crippen LogP contribution in [-0.4, -0.2) is 64.8 Å². The molecule has 1 atom stereocenters. The van der Waals surface area contributed by atoms with Crippen LogP contribution in [0.4, 0.5) is 23.7 Å². The number of hydrogen-bond donors (Lipinski definition) is 4. The molecular formula is C23H25F3N6O3. The molecule has 1 saturated carbocycles. The number of nitrogens with zero attached hydrogens (tertiary/aromatic N) is 3. The molecule has 186 valence electrons. The first kappa shape index (κ1) is 24.5. The summed E-state index contributed by atoms with van der Waals surface area (Å²) in [7, 11) is 0. The molecule has 4 rings (SSSR count). The van der Waals surface area contributed by atoms with Crippen LogP contribution in [-0.2, 0) is 4.84 Å². The standard InChI is InChI=1S/C23H25F3N6O3/c24-23(25,26)14-29-22(34)31-18-3-1-2-16(9-18)20-12-28-21-8-15(6-7-32(20)21)10-30-35-13-19(33)11-27-17-4-5-17/h1-3,6-10,12,17,19,27,33H,4-5,11,13-14H2,(H2,29,31,34)/b30-10-. The summed E-state index contributed by atoms with van der Waals surface area (Å²) >= 11 is 0. The lowest BCUT2D eigenvalue weighted by Gasteiger charge is -2.11. The second-order valence-corrected chi connectivity index (χ2v) is 8.20. The van der Waals surface area contributed by atoms with E-state index in [4.69, 9.17) is 4.84 Å². The Morgan fingerprint density at radius 2 is 2.14 bits per heavy atom. The van der Waals surface area contributed by atoms with Crippen LogP contribution in [0, 0.1) is 0 Å². The van der Waals surface area contributed by atoms with Gasteiger partial charge in [-0.3, -0.25) is 4.40 Å². The number of halogens is 3. The Labute approximate surface area is 199 Å². The Morgan fingerprint density at radius 3 is 2.91 bits per heavy atom. The molecule has 2 aromatic heterocycles. The number of hydrogen-bond acceptors (Lipinski definition) is 6. The van der Waals surface area contributed by atoms with Crippen LogP contribution in [0.25, 0.3) is 16.9 Å². The molecule has 0 saturated heterocycles. The Balaban J connectivity index is 1.36. The molecule has 2 heterocycles. The third kappa shape index (κ3) is 7.42. The molecule has 1 unspecified atom stereocenters. The van der Waals surface area contributed by atoms with Crippen molar-refractivity contribution in [3.8, 4) is 11.3 Å². The Kier molecular flexibility index (Phi) is 7.51. The highest BCUT2D eigenvalue weighted by Crippen LogP contribution is 2.24. The minimum atomic E-state index is -4.49. The number of amides is 2. The van der Waals surface area contributed by atoms with Crippen LogP contribution in [0.5, 0.6) is 0 Å². The third-order valence-corrected chi connectivity index (χ3v) is 5.17. The minimum Gasteiger partial charge on any atom is -0.393 e. The van der Waals surface area contributed by atoms with Crippen LogP contribution in [0.3, 0.4) is 0 Å². The van der Waals surface area contributed by atoms with Gasteiger partial charge in [-0.2, -0.15) is 13.2 Å². The van der Waals surface area contributed by atoms with Crippen molar-refractivity contribution >= 4 is 23.6 Å². The Morgan fingerprint density at radius 1 is 1.31 bits per heavy atom. The first-order valence-corrected chi connectivity index (χ1v) is 11.0. The molecule has 0 aliphatic heterocycles. The number of aliphatic hydroxyl groups excluding tert-OH is 1. The van der Waals surface area contributed by atoms with Crippen molar-refractivity contribution in [1.29, 1.82) is 0 Å². The number of imidazole rings is 1. The number of fused-ring (bicyclic) bond motifs is 1. The van der Waals surface area contributed by atoms with E-state index in [1.54, 1.807) is 48.0 Å². The number of aliphatic hydroxyl groups is 1. The maximum absolute atomic E-state index is 12.3. The highest BCUT2D eigenvalue weighted by atomic mass is 19.4. The Hall–Kier alpha value is -3.64. The number of aromatic nitrogens is 2. The monoisotopic (exact) mass is 490 g/mol. The third-order valence-electron chi connectivity index (χ3n) is 5.17. The maximum Gasteiger partial charge on any atom is 0.405 e. The molecule has 1 aromatic carbocycles. The molecule has 2 amide bonds. The summed E-state index contributed by atoms with van der Waals surface area (Å²) in [5.41, 5.74) is 3.17. The predicted molar refractivity (Wildman–Crippen MR) is 124 cm³/mol. The summed E-state index contributed by atoms with van der Waals surface area (Å²) in [6.07, 6.45) is 2.15. The van der Waals surface area contributed by atoms with Gasteiger partial charge in [0.05, 0.1) is 18.1 Å². The number of pyridine rings is 1. The Bertz CT molecular complexity index is 1190. The first-order chi connectivity index (χ1) is 16.8. The van der Waals surface area contributed by atoms with Crippen LogP contribution < -0.4 is 16.0 Å². The number of anilines is 1. The largest absolute Gasteiger partial charge is 0.405 e. The maximum atomic E-state index is 12.3. The van der Waals surface area contributed by atoms with Crippen LogP contribution >= 0.6 is 0 Å². The van der Waals surface area contributed by atoms with Crippen molar-refractivity contribution in [2.45, 2.75) is 31.2 Å². The molecule has 0 radical (unpaired) electrons. The number of alkyl halides is 3. The van der Waals surface area contributed by atoms with E-state index >= 15 is 0 Å². The molecule has 3 aromatic rings. The van der Waals surface area contributed by atoms with E-state index in [2.05, 4.69) is 20.8 Å². The number of oxime groups is 1. The zero-order chi connectivity index (χ0) is 24.8. The minimum absolute atomic E-state index is 0.0879. The molecule has 12 heteroatoms. The van der Waals surface area contributed by atoms with Crippen molar-refractivity contribution in [3.05, 3.63) is 54.4 Å². The number of carbonyl (C=O) groups excluding carboxylic acids is 1. The lowest BCUT2D eigenvalue weighted by atomic mass is 10.1. The summed E-state index contributed by atoms with van der Waals surface area (Å²) in [5.74, 6) is 0. The molecule has 1 aliphatic carbocycles. The van der Waals surface area contributed by atoms with Gasteiger partial charge in [0.1, 0.15) is 24.9 Å². The van der Waals surface area contributed by atoms with Crippen molar-refractivity contribution < 1.29 is 27.9 Å². The van der Waals surface area contributed by atoms with Gasteiger partial charge in [-0.25, -0.2) is 9.78 Å². The smallest absolute Gasteiger partial charge is 0.393 e. The van der Waals surface area contributed by atoms with Crippen LogP contribution in [0.2, 0.25) is 0 Å². The van der Waals surface area contributed by atoms with Crippen molar-refractivity contribution in [1.82, 2.24) is 20.0 Å². The van der Waals surface area contributed by atoms with Gasteiger partial charge in [0.2, 0.25) is 0 Å². The number of benzene rings is 1. The number of carbonyl (C=O) groups is 1. The fraction of sp³-hybridized carbons (Fsp3) is 0.348. The number of rotatable bonds is 10. The molecule has 9 nitrogen and oxygen atoms in total. The fourth-order valence-electron chi connectivity index (χ4n) is 3.28. The van der Waals surface area contributed by atoms with Gasteiger partial charge in [-0.05, 0) is 37.1 Å². The van der Waals surface area contributed by atoms with Gasteiger partial charge >= 0.3 is 12.2 Å². The molecule has 1 aliphatic rings. The second-order valence-electron chi connectivity index (χ2n) is 8.20. The van der Waals surface area contributed by atoms with Crippen LogP contribution in [0.15, 0.2) is 53.9 Å². The second kappa shape index (κ2) is 10.7. The average Bonchev–Trinajstić information content (AvgIpc) is 3.56. The highest BCUT2D eigenvalue weighted by Gasteiger charge is 2.27. The number of urea groups is 1. The zero-order valence-electron chi connectivity index (χ0n) is 18.6. The van der Waals surface area contributed by atoms with E-state index in [0.717, 1.165) is 24.1 Å². The SMILES string of the molecule is O=C(NCC(F)(F)F)Nc1cccc(-c2cnc3cc(/C=N\OCC(O)CNC4CC4)ccn23)c1. The molecule has 0 spiro atoms. The summed E-state index contributed by atoms with van der Waals surface area (Å²) < 4.78 is 38.7. The van der Waals surface area contributed by atoms with E-state index in [9.17, 15) is 23.1 Å². The van der Waals surface area contributed by atoms with E-state index < -0.39 is 24.9 Å². The lowest BCUT2D eigenvalue weighted by Crippen LogP contribution is -2.36. The molecule has 4 N–H and O–H groups in total. The summed E-state index contributed by atoms with van der Waals surface area (Å²) in [6, 6.07) is 9.88. The summed E-state index contributed by atoms with van der Waals surface area (Å²) in [4.78, 5) is 21.3. The first-order valence-electron chi connectivity index (χ1n) is 11.0. The molecule has 1 fully saturated rings. The fourth-order valence-corrected chi connectivity index (χ4v) is 3.28. The highest BCUT2D eigenvalue weighted by molar-refractivity contribution is 5.90. The quantitative estimate of drug-likeness (QED) is 0.258. The van der Waals surface area contributed by atoms with Gasteiger partial charge in [0.15, 0.2) is 0 Å². The van der Waals surface area contributed by atoms with E-state index in [0.29, 0.717) is 29.5 Å². The van der Waals surface area contributed by atoms with E-state index in [1.807, 2.05) is 10.5 Å². The summed E-state index contributed by atoms with van der Waals surface area (Å²) in [5, 5.41) is 21.1. The van der Waals surface area contributed by atoms with E-state index in [1.165, 1.54) is 6.21 Å². The molecule has 35 heavy (non-hydrogen) atoms. The van der Waals surface area contributed by atoms with Gasteiger partial charge in [-0.15, -0.1) is 0 Å². The number of nitrogens with one attached hydrogen (secondary N) is 3. The van der Waals surface area contributed by atoms with Gasteiger partial charge < -0.3 is 25.9 Å². The van der Waals surface area contributed by atoms with Gasteiger partial charge in [0.25, 0.3) is 0 Å². The van der Waals surface area contributed by atoms with Gasteiger partial charge in [0, 0.05) is 35.6 Å². The van der Waals surface area contributed by atoms with Gasteiger partial charge in [-0.1, -0.05) is 17.3 Å². The van der Waals surface area contributed by atoms with Crippen molar-refractivity contribution in [3.63, 3.8) is 0 Å². The average molecular weight is 490 g/mol. The zero-order valence-corrected chi connectivity index (χ0v) is 18.6. The molecular weight excluding hydrogens is 465 g/mol.